The maximum atomic E-state index is 13.1. The highest BCUT2D eigenvalue weighted by Crippen LogP contribution is 2.45. The van der Waals surface area contributed by atoms with Gasteiger partial charge in [0.2, 0.25) is 18.0 Å². The number of hydrogen-bond donors (Lipinski definition) is 1. The maximum Gasteiger partial charge on any atom is 0.416 e. The Bertz CT molecular complexity index is 1190. The molecular weight excluding hydrogens is 481 g/mol. The number of alkyl halides is 3. The molecule has 34 heavy (non-hydrogen) atoms. The van der Waals surface area contributed by atoms with Gasteiger partial charge in [0.15, 0.2) is 11.5 Å². The standard InChI is InChI=1S/C22H18ClF3N2O6/c1-32-15-7-4-11-17(18(15)33-2)21(31)34-20(11)28-14(6-8-16(28)29)19(30)27-13-9-10(22(24,25)26)3-5-12(13)23/h3-5,7,9,14,20H,6,8H2,1-2H3,(H,27,30)/t14-,20+/m1/s1. The van der Waals surface area contributed by atoms with Gasteiger partial charge in [-0.3, -0.25) is 14.5 Å². The number of hydrogen-bond acceptors (Lipinski definition) is 6. The number of anilines is 1. The molecule has 2 heterocycles. The van der Waals surface area contributed by atoms with Crippen molar-refractivity contribution in [1.29, 1.82) is 0 Å². The molecule has 0 aliphatic carbocycles. The van der Waals surface area contributed by atoms with Gasteiger partial charge in [0.1, 0.15) is 11.6 Å². The van der Waals surface area contributed by atoms with Crippen LogP contribution in [-0.2, 0) is 20.5 Å². The Morgan fingerprint density at radius 3 is 2.56 bits per heavy atom. The van der Waals surface area contributed by atoms with Crippen molar-refractivity contribution >= 4 is 35.1 Å². The first-order chi connectivity index (χ1) is 16.1. The van der Waals surface area contributed by atoms with Crippen LogP contribution in [0.4, 0.5) is 18.9 Å². The highest BCUT2D eigenvalue weighted by molar-refractivity contribution is 6.33. The molecule has 0 radical (unpaired) electrons. The van der Waals surface area contributed by atoms with Gasteiger partial charge in [-0.2, -0.15) is 13.2 Å². The Balaban J connectivity index is 1.65. The Kier molecular flexibility index (Phi) is 6.07. The summed E-state index contributed by atoms with van der Waals surface area (Å²) in [5, 5.41) is 2.26. The molecular formula is C22H18ClF3N2O6. The average Bonchev–Trinajstić information content (AvgIpc) is 3.33. The number of carbonyl (C=O) groups excluding carboxylic acids is 3. The average molecular weight is 499 g/mol. The van der Waals surface area contributed by atoms with E-state index in [0.717, 1.165) is 17.0 Å². The molecule has 1 saturated heterocycles. The first-order valence-electron chi connectivity index (χ1n) is 10.0. The number of halogens is 4. The molecule has 0 spiro atoms. The van der Waals surface area contributed by atoms with E-state index in [4.69, 9.17) is 25.8 Å². The van der Waals surface area contributed by atoms with Gasteiger partial charge in [0.05, 0.1) is 30.5 Å². The molecule has 2 atom stereocenters. The highest BCUT2D eigenvalue weighted by atomic mass is 35.5. The van der Waals surface area contributed by atoms with Crippen LogP contribution in [0.1, 0.15) is 40.6 Å². The van der Waals surface area contributed by atoms with Gasteiger partial charge in [-0.1, -0.05) is 11.6 Å². The molecule has 2 aliphatic heterocycles. The van der Waals surface area contributed by atoms with Gasteiger partial charge in [0.25, 0.3) is 0 Å². The molecule has 0 aromatic heterocycles. The normalized spacial score (nSPS) is 19.6. The van der Waals surface area contributed by atoms with Crippen molar-refractivity contribution in [2.24, 2.45) is 0 Å². The predicted molar refractivity (Wildman–Crippen MR) is 113 cm³/mol. The molecule has 0 unspecified atom stereocenters. The van der Waals surface area contributed by atoms with Gasteiger partial charge in [-0.15, -0.1) is 0 Å². The van der Waals surface area contributed by atoms with E-state index in [1.54, 1.807) is 0 Å². The molecule has 1 fully saturated rings. The van der Waals surface area contributed by atoms with Crippen LogP contribution in [0.3, 0.4) is 0 Å². The van der Waals surface area contributed by atoms with Crippen molar-refractivity contribution < 1.29 is 41.8 Å². The van der Waals surface area contributed by atoms with E-state index in [0.29, 0.717) is 11.6 Å². The molecule has 180 valence electrons. The van der Waals surface area contributed by atoms with E-state index >= 15 is 0 Å². The van der Waals surface area contributed by atoms with Crippen LogP contribution >= 0.6 is 11.6 Å². The first kappa shape index (κ1) is 23.7. The van der Waals surface area contributed by atoms with E-state index in [1.165, 1.54) is 26.4 Å². The number of nitrogens with one attached hydrogen (secondary N) is 1. The lowest BCUT2D eigenvalue weighted by atomic mass is 10.0. The number of benzene rings is 2. The third kappa shape index (κ3) is 4.00. The van der Waals surface area contributed by atoms with Crippen molar-refractivity contribution in [1.82, 2.24) is 4.90 Å². The molecule has 2 amide bonds. The Hall–Kier alpha value is -3.47. The van der Waals surface area contributed by atoms with E-state index in [-0.39, 0.29) is 40.6 Å². The third-order valence-corrected chi connectivity index (χ3v) is 5.96. The summed E-state index contributed by atoms with van der Waals surface area (Å²) in [6.45, 7) is 0. The SMILES string of the molecule is COc1ccc2c(c1OC)C(=O)O[C@@H]2N1C(=O)CC[C@@H]1C(=O)Nc1cc(C(F)(F)F)ccc1Cl. The number of ether oxygens (including phenoxy) is 3. The molecule has 4 rings (SSSR count). The maximum absolute atomic E-state index is 13.1. The third-order valence-electron chi connectivity index (χ3n) is 5.63. The van der Waals surface area contributed by atoms with Gasteiger partial charge < -0.3 is 19.5 Å². The van der Waals surface area contributed by atoms with E-state index in [2.05, 4.69) is 5.32 Å². The van der Waals surface area contributed by atoms with E-state index < -0.39 is 41.8 Å². The second kappa shape index (κ2) is 8.71. The summed E-state index contributed by atoms with van der Waals surface area (Å²) in [5.41, 5.74) is -0.887. The minimum absolute atomic E-state index is 0.0227. The molecule has 2 aromatic rings. The van der Waals surface area contributed by atoms with Gasteiger partial charge >= 0.3 is 12.1 Å². The molecule has 2 aliphatic rings. The fourth-order valence-corrected chi connectivity index (χ4v) is 4.22. The molecule has 12 heteroatoms. The Morgan fingerprint density at radius 1 is 1.18 bits per heavy atom. The number of likely N-dealkylation sites (tertiary alicyclic amines) is 1. The molecule has 0 bridgehead atoms. The van der Waals surface area contributed by atoms with Crippen LogP contribution in [0.5, 0.6) is 11.5 Å². The summed E-state index contributed by atoms with van der Waals surface area (Å²) in [6, 6.07) is 4.46. The zero-order chi connectivity index (χ0) is 24.8. The molecule has 2 aromatic carbocycles. The van der Waals surface area contributed by atoms with Gasteiger partial charge in [-0.25, -0.2) is 4.79 Å². The fraction of sp³-hybridized carbons (Fsp3) is 0.318. The lowest BCUT2D eigenvalue weighted by Gasteiger charge is -2.29. The van der Waals surface area contributed by atoms with Crippen molar-refractivity contribution in [2.45, 2.75) is 31.3 Å². The number of cyclic esters (lactones) is 1. The number of carbonyl (C=O) groups is 3. The van der Waals surface area contributed by atoms with Crippen LogP contribution < -0.4 is 14.8 Å². The largest absolute Gasteiger partial charge is 0.493 e. The zero-order valence-corrected chi connectivity index (χ0v) is 18.6. The van der Waals surface area contributed by atoms with Crippen molar-refractivity contribution in [2.75, 3.05) is 19.5 Å². The van der Waals surface area contributed by atoms with Crippen LogP contribution in [0.25, 0.3) is 0 Å². The van der Waals surface area contributed by atoms with Gasteiger partial charge in [0, 0.05) is 12.0 Å². The number of amides is 2. The quantitative estimate of drug-likeness (QED) is 0.622. The van der Waals surface area contributed by atoms with Crippen LogP contribution in [0.2, 0.25) is 5.02 Å². The highest BCUT2D eigenvalue weighted by Gasteiger charge is 2.48. The summed E-state index contributed by atoms with van der Waals surface area (Å²) in [4.78, 5) is 39.4. The Morgan fingerprint density at radius 2 is 1.91 bits per heavy atom. The predicted octanol–water partition coefficient (Wildman–Crippen LogP) is 4.17. The lowest BCUT2D eigenvalue weighted by Crippen LogP contribution is -2.44. The van der Waals surface area contributed by atoms with E-state index in [1.807, 2.05) is 0 Å². The second-order valence-corrected chi connectivity index (χ2v) is 7.97. The van der Waals surface area contributed by atoms with Gasteiger partial charge in [-0.05, 0) is 36.8 Å². The monoisotopic (exact) mass is 498 g/mol. The molecule has 1 N–H and O–H groups in total. The zero-order valence-electron chi connectivity index (χ0n) is 17.9. The van der Waals surface area contributed by atoms with E-state index in [9.17, 15) is 27.6 Å². The van der Waals surface area contributed by atoms with Crippen LogP contribution in [0.15, 0.2) is 30.3 Å². The second-order valence-electron chi connectivity index (χ2n) is 7.56. The van der Waals surface area contributed by atoms with Crippen molar-refractivity contribution in [3.05, 3.63) is 52.0 Å². The summed E-state index contributed by atoms with van der Waals surface area (Å²) in [6.07, 6.45) is -5.81. The lowest BCUT2D eigenvalue weighted by molar-refractivity contribution is -0.144. The summed E-state index contributed by atoms with van der Waals surface area (Å²) >= 11 is 5.98. The Labute approximate surface area is 196 Å². The molecule has 8 nitrogen and oxygen atoms in total. The first-order valence-corrected chi connectivity index (χ1v) is 10.4. The topological polar surface area (TPSA) is 94.2 Å². The van der Waals surface area contributed by atoms with Crippen LogP contribution in [-0.4, -0.2) is 42.9 Å². The minimum atomic E-state index is -4.64. The molecule has 0 saturated carbocycles. The number of fused-ring (bicyclic) bond motifs is 1. The minimum Gasteiger partial charge on any atom is -0.493 e. The smallest absolute Gasteiger partial charge is 0.416 e. The fourth-order valence-electron chi connectivity index (χ4n) is 4.06. The number of methoxy groups -OCH3 is 2. The number of nitrogens with zero attached hydrogens (tertiary/aromatic N) is 1. The summed E-state index contributed by atoms with van der Waals surface area (Å²) < 4.78 is 55.1. The van der Waals surface area contributed by atoms with Crippen molar-refractivity contribution in [3.8, 4) is 11.5 Å². The number of esters is 1. The number of rotatable bonds is 5. The summed E-state index contributed by atoms with van der Waals surface area (Å²) in [5.74, 6) is -1.60. The van der Waals surface area contributed by atoms with Crippen LogP contribution in [0, 0.1) is 0 Å². The van der Waals surface area contributed by atoms with Crippen molar-refractivity contribution in [3.63, 3.8) is 0 Å². The summed E-state index contributed by atoms with van der Waals surface area (Å²) in [7, 11) is 2.74.